The Morgan fingerprint density at radius 1 is 1.58 bits per heavy atom. The molecule has 0 fully saturated rings. The Morgan fingerprint density at radius 3 is 2.75 bits per heavy atom. The van der Waals surface area contributed by atoms with Gasteiger partial charge in [0.1, 0.15) is 6.10 Å². The van der Waals surface area contributed by atoms with E-state index in [1.807, 2.05) is 6.92 Å². The van der Waals surface area contributed by atoms with Gasteiger partial charge in [0.25, 0.3) is 0 Å². The van der Waals surface area contributed by atoms with Crippen molar-refractivity contribution >= 4 is 15.9 Å². The maximum atomic E-state index is 5.58. The van der Waals surface area contributed by atoms with E-state index in [0.717, 1.165) is 6.61 Å². The first kappa shape index (κ1) is 10.2. The van der Waals surface area contributed by atoms with Gasteiger partial charge in [-0.1, -0.05) is 22.9 Å². The number of halogens is 1. The van der Waals surface area contributed by atoms with Gasteiger partial charge in [0.15, 0.2) is 0 Å². The highest BCUT2D eigenvalue weighted by molar-refractivity contribution is 9.11. The first-order valence-corrected chi connectivity index (χ1v) is 5.01. The van der Waals surface area contributed by atoms with Crippen LogP contribution in [0.5, 0.6) is 0 Å². The molecular formula is C9H15BrO2. The summed E-state index contributed by atoms with van der Waals surface area (Å²) in [6.07, 6.45) is 2.36. The molecular weight excluding hydrogens is 221 g/mol. The van der Waals surface area contributed by atoms with E-state index in [0.29, 0.717) is 5.92 Å². The lowest BCUT2D eigenvalue weighted by Gasteiger charge is -2.21. The summed E-state index contributed by atoms with van der Waals surface area (Å²) >= 11 is 3.50. The number of hydrogen-bond donors (Lipinski definition) is 0. The molecule has 0 saturated carbocycles. The molecule has 70 valence electrons. The van der Waals surface area contributed by atoms with Gasteiger partial charge in [-0.2, -0.15) is 0 Å². The number of methoxy groups -OCH3 is 1. The zero-order valence-electron chi connectivity index (χ0n) is 7.71. The Labute approximate surface area is 82.1 Å². The van der Waals surface area contributed by atoms with E-state index in [-0.39, 0.29) is 12.2 Å². The Hall–Kier alpha value is 0.140. The minimum atomic E-state index is 0.106. The van der Waals surface area contributed by atoms with Gasteiger partial charge in [0, 0.05) is 19.6 Å². The third-order valence-electron chi connectivity index (χ3n) is 2.21. The summed E-state index contributed by atoms with van der Waals surface area (Å²) in [5.41, 5.74) is 0. The van der Waals surface area contributed by atoms with Gasteiger partial charge in [-0.05, 0) is 17.5 Å². The molecule has 0 heterocycles. The number of hydrogen-bond acceptors (Lipinski definition) is 2. The monoisotopic (exact) mass is 235 g/mol. The van der Waals surface area contributed by atoms with Crippen molar-refractivity contribution in [3.63, 3.8) is 0 Å². The van der Waals surface area contributed by atoms with Crippen LogP contribution in [0.1, 0.15) is 13.8 Å². The summed E-state index contributed by atoms with van der Waals surface area (Å²) in [6, 6.07) is 0. The minimum Gasteiger partial charge on any atom is -0.375 e. The molecule has 1 aliphatic carbocycles. The van der Waals surface area contributed by atoms with Crippen LogP contribution in [0, 0.1) is 5.92 Å². The van der Waals surface area contributed by atoms with E-state index >= 15 is 0 Å². The van der Waals surface area contributed by atoms with E-state index in [1.54, 1.807) is 7.11 Å². The smallest absolute Gasteiger partial charge is 0.103 e. The summed E-state index contributed by atoms with van der Waals surface area (Å²) in [5.74, 6) is 0.412. The molecule has 0 aromatic rings. The van der Waals surface area contributed by atoms with Crippen molar-refractivity contribution in [1.29, 1.82) is 0 Å². The number of rotatable bonds is 3. The van der Waals surface area contributed by atoms with Gasteiger partial charge in [-0.15, -0.1) is 0 Å². The first-order chi connectivity index (χ1) is 5.70. The van der Waals surface area contributed by atoms with E-state index in [4.69, 9.17) is 9.47 Å². The Balaban J connectivity index is 2.61. The third-order valence-corrected chi connectivity index (χ3v) is 3.19. The summed E-state index contributed by atoms with van der Waals surface area (Å²) in [6.45, 7) is 4.88. The molecule has 3 atom stereocenters. The van der Waals surface area contributed by atoms with Gasteiger partial charge in [0.05, 0.1) is 6.10 Å². The lowest BCUT2D eigenvalue weighted by molar-refractivity contribution is -0.0392. The fraction of sp³-hybridized carbons (Fsp3) is 0.778. The lowest BCUT2D eigenvalue weighted by Crippen LogP contribution is -2.30. The Bertz CT molecular complexity index is 179. The van der Waals surface area contributed by atoms with Crippen LogP contribution < -0.4 is 0 Å². The topological polar surface area (TPSA) is 18.5 Å². The van der Waals surface area contributed by atoms with Crippen molar-refractivity contribution in [2.24, 2.45) is 5.92 Å². The maximum absolute atomic E-state index is 5.58. The van der Waals surface area contributed by atoms with Crippen molar-refractivity contribution in [1.82, 2.24) is 0 Å². The quantitative estimate of drug-likeness (QED) is 0.700. The van der Waals surface area contributed by atoms with Gasteiger partial charge >= 0.3 is 0 Å². The highest BCUT2D eigenvalue weighted by Crippen LogP contribution is 2.33. The second-order valence-corrected chi connectivity index (χ2v) is 3.88. The van der Waals surface area contributed by atoms with Crippen molar-refractivity contribution < 1.29 is 9.47 Å². The normalized spacial score (nSPS) is 35.3. The van der Waals surface area contributed by atoms with Crippen molar-refractivity contribution in [3.8, 4) is 0 Å². The first-order valence-electron chi connectivity index (χ1n) is 4.22. The predicted octanol–water partition coefficient (Wildman–Crippen LogP) is 2.33. The molecule has 0 radical (unpaired) electrons. The van der Waals surface area contributed by atoms with E-state index < -0.39 is 0 Å². The average Bonchev–Trinajstić information content (AvgIpc) is 2.33. The molecule has 2 nitrogen and oxygen atoms in total. The summed E-state index contributed by atoms with van der Waals surface area (Å²) in [5, 5.41) is 0. The second kappa shape index (κ2) is 4.40. The van der Waals surface area contributed by atoms with Crippen LogP contribution in [-0.4, -0.2) is 25.9 Å². The van der Waals surface area contributed by atoms with E-state index in [9.17, 15) is 0 Å². The van der Waals surface area contributed by atoms with Crippen molar-refractivity contribution in [2.45, 2.75) is 26.1 Å². The molecule has 12 heavy (non-hydrogen) atoms. The van der Waals surface area contributed by atoms with Crippen LogP contribution in [0.2, 0.25) is 0 Å². The minimum absolute atomic E-state index is 0.106. The summed E-state index contributed by atoms with van der Waals surface area (Å²) < 4.78 is 12.1. The van der Waals surface area contributed by atoms with E-state index in [1.165, 1.54) is 4.48 Å². The highest BCUT2D eigenvalue weighted by atomic mass is 79.9. The highest BCUT2D eigenvalue weighted by Gasteiger charge is 2.33. The summed E-state index contributed by atoms with van der Waals surface area (Å²) in [7, 11) is 1.71. The van der Waals surface area contributed by atoms with Gasteiger partial charge in [0.2, 0.25) is 0 Å². The van der Waals surface area contributed by atoms with Crippen LogP contribution in [0.4, 0.5) is 0 Å². The Morgan fingerprint density at radius 2 is 2.25 bits per heavy atom. The molecule has 0 unspecified atom stereocenters. The molecule has 1 rings (SSSR count). The van der Waals surface area contributed by atoms with Crippen LogP contribution in [0.15, 0.2) is 10.6 Å². The van der Waals surface area contributed by atoms with Crippen LogP contribution in [0.3, 0.4) is 0 Å². The van der Waals surface area contributed by atoms with Gasteiger partial charge in [-0.3, -0.25) is 0 Å². The number of ether oxygens (including phenoxy) is 2. The fourth-order valence-corrected chi connectivity index (χ4v) is 2.00. The molecule has 0 aliphatic heterocycles. The fourth-order valence-electron chi connectivity index (χ4n) is 1.48. The predicted molar refractivity (Wildman–Crippen MR) is 52.4 cm³/mol. The Kier molecular flexibility index (Phi) is 3.75. The van der Waals surface area contributed by atoms with E-state index in [2.05, 4.69) is 28.9 Å². The van der Waals surface area contributed by atoms with Crippen molar-refractivity contribution in [3.05, 3.63) is 10.6 Å². The van der Waals surface area contributed by atoms with Crippen LogP contribution in [-0.2, 0) is 9.47 Å². The molecule has 0 aromatic carbocycles. The van der Waals surface area contributed by atoms with Crippen LogP contribution in [0.25, 0.3) is 0 Å². The molecule has 0 aromatic heterocycles. The van der Waals surface area contributed by atoms with Gasteiger partial charge in [-0.25, -0.2) is 0 Å². The van der Waals surface area contributed by atoms with Crippen molar-refractivity contribution in [2.75, 3.05) is 13.7 Å². The zero-order chi connectivity index (χ0) is 9.14. The average molecular weight is 236 g/mol. The standard InChI is InChI=1S/C9H15BrO2/c1-4-12-9-6(2)7(10)5-8(9)11-3/h5-6,8-9H,4H2,1-3H3/t6-,8+,9+/m1/s1/i5+1. The molecule has 0 spiro atoms. The van der Waals surface area contributed by atoms with Crippen LogP contribution >= 0.6 is 15.9 Å². The third kappa shape index (κ3) is 1.90. The molecule has 0 bridgehead atoms. The SMILES string of the molecule is CCO[C@@H]1[C@@H](OC)[13CH]=C(Br)[C@H]1C. The second-order valence-electron chi connectivity index (χ2n) is 2.96. The maximum Gasteiger partial charge on any atom is 0.103 e. The molecule has 3 heteroatoms. The lowest BCUT2D eigenvalue weighted by atomic mass is 10.1. The zero-order valence-corrected chi connectivity index (χ0v) is 9.30. The molecule has 0 saturated heterocycles. The molecule has 0 N–H and O–H groups in total. The largest absolute Gasteiger partial charge is 0.375 e. The summed E-state index contributed by atoms with van der Waals surface area (Å²) in [4.78, 5) is 0. The molecule has 1 aliphatic rings. The van der Waals surface area contributed by atoms with Gasteiger partial charge < -0.3 is 9.47 Å². The molecule has 0 amide bonds.